The van der Waals surface area contributed by atoms with Crippen molar-refractivity contribution < 1.29 is 5.11 Å². The lowest BCUT2D eigenvalue weighted by atomic mass is 10.3. The molecule has 0 fully saturated rings. The third kappa shape index (κ3) is 1.50. The van der Waals surface area contributed by atoms with Crippen molar-refractivity contribution in [3.05, 3.63) is 23.2 Å². The zero-order valence-electron chi connectivity index (χ0n) is 7.19. The summed E-state index contributed by atoms with van der Waals surface area (Å²) in [6.45, 7) is 1.71. The Hall–Kier alpha value is -1.13. The fourth-order valence-electron chi connectivity index (χ4n) is 1.14. The minimum atomic E-state index is -0.501. The molecule has 1 heterocycles. The number of aliphatic hydroxyl groups is 1. The first-order chi connectivity index (χ1) is 6.16. The average Bonchev–Trinajstić information content (AvgIpc) is 2.46. The Labute approximate surface area is 79.8 Å². The van der Waals surface area contributed by atoms with E-state index in [-0.39, 0.29) is 0 Å². The van der Waals surface area contributed by atoms with Crippen LogP contribution in [0.3, 0.4) is 0 Å². The summed E-state index contributed by atoms with van der Waals surface area (Å²) in [6.07, 6.45) is -0.501. The van der Waals surface area contributed by atoms with E-state index >= 15 is 0 Å². The molecule has 2 rings (SSSR count). The van der Waals surface area contributed by atoms with Crippen LogP contribution in [0.5, 0.6) is 0 Å². The van der Waals surface area contributed by atoms with Gasteiger partial charge in [-0.2, -0.15) is 0 Å². The van der Waals surface area contributed by atoms with Gasteiger partial charge in [0.1, 0.15) is 11.1 Å². The fourth-order valence-corrected chi connectivity index (χ4v) is 2.09. The first kappa shape index (κ1) is 8.47. The van der Waals surface area contributed by atoms with Gasteiger partial charge in [0, 0.05) is 5.69 Å². The normalized spacial score (nSPS) is 13.4. The summed E-state index contributed by atoms with van der Waals surface area (Å²) in [7, 11) is 0. The SMILES string of the molecule is CC(O)c1nc2ccc(N)cc2s1. The predicted octanol–water partition coefficient (Wildman–Crippen LogP) is 1.93. The lowest BCUT2D eigenvalue weighted by Crippen LogP contribution is -1.87. The predicted molar refractivity (Wildman–Crippen MR) is 54.7 cm³/mol. The van der Waals surface area contributed by atoms with Crippen molar-refractivity contribution in [2.45, 2.75) is 13.0 Å². The molecule has 0 saturated heterocycles. The summed E-state index contributed by atoms with van der Waals surface area (Å²) >= 11 is 1.48. The van der Waals surface area contributed by atoms with E-state index in [9.17, 15) is 5.11 Å². The summed E-state index contributed by atoms with van der Waals surface area (Å²) in [5.41, 5.74) is 7.25. The molecule has 0 amide bonds. The van der Waals surface area contributed by atoms with Crippen LogP contribution in [-0.4, -0.2) is 10.1 Å². The summed E-state index contributed by atoms with van der Waals surface area (Å²) in [5.74, 6) is 0. The molecule has 2 aromatic rings. The maximum absolute atomic E-state index is 9.31. The molecule has 1 aromatic heterocycles. The van der Waals surface area contributed by atoms with Crippen LogP contribution in [0.25, 0.3) is 10.2 Å². The van der Waals surface area contributed by atoms with E-state index < -0.39 is 6.10 Å². The van der Waals surface area contributed by atoms with Crippen LogP contribution < -0.4 is 5.73 Å². The highest BCUT2D eigenvalue weighted by atomic mass is 32.1. The molecule has 68 valence electrons. The number of benzene rings is 1. The van der Waals surface area contributed by atoms with Gasteiger partial charge in [-0.15, -0.1) is 11.3 Å². The Kier molecular flexibility index (Phi) is 1.94. The molecule has 4 heteroatoms. The van der Waals surface area contributed by atoms with E-state index in [1.807, 2.05) is 18.2 Å². The highest BCUT2D eigenvalue weighted by molar-refractivity contribution is 7.18. The molecule has 3 N–H and O–H groups in total. The van der Waals surface area contributed by atoms with Gasteiger partial charge >= 0.3 is 0 Å². The van der Waals surface area contributed by atoms with Crippen molar-refractivity contribution in [2.24, 2.45) is 0 Å². The van der Waals surface area contributed by atoms with Gasteiger partial charge in [0.15, 0.2) is 0 Å². The highest BCUT2D eigenvalue weighted by Gasteiger charge is 2.07. The van der Waals surface area contributed by atoms with Gasteiger partial charge in [-0.1, -0.05) is 0 Å². The van der Waals surface area contributed by atoms with Crippen LogP contribution in [-0.2, 0) is 0 Å². The van der Waals surface area contributed by atoms with E-state index in [1.54, 1.807) is 6.92 Å². The minimum absolute atomic E-state index is 0.501. The molecule has 1 unspecified atom stereocenters. The van der Waals surface area contributed by atoms with Crippen LogP contribution in [0.1, 0.15) is 18.0 Å². The van der Waals surface area contributed by atoms with Gasteiger partial charge in [-0.25, -0.2) is 4.98 Å². The topological polar surface area (TPSA) is 59.1 Å². The first-order valence-corrected chi connectivity index (χ1v) is 4.82. The molecule has 13 heavy (non-hydrogen) atoms. The zero-order chi connectivity index (χ0) is 9.42. The second kappa shape index (κ2) is 2.97. The lowest BCUT2D eigenvalue weighted by molar-refractivity contribution is 0.199. The summed E-state index contributed by atoms with van der Waals surface area (Å²) in [5, 5.41) is 10.0. The van der Waals surface area contributed by atoms with Crippen molar-refractivity contribution >= 4 is 27.2 Å². The van der Waals surface area contributed by atoms with E-state index in [1.165, 1.54) is 11.3 Å². The summed E-state index contributed by atoms with van der Waals surface area (Å²) in [6, 6.07) is 5.56. The number of aliphatic hydroxyl groups excluding tert-OH is 1. The molecule has 1 aromatic carbocycles. The van der Waals surface area contributed by atoms with Gasteiger partial charge < -0.3 is 10.8 Å². The van der Waals surface area contributed by atoms with E-state index in [0.29, 0.717) is 0 Å². The van der Waals surface area contributed by atoms with E-state index in [0.717, 1.165) is 20.9 Å². The molecule has 1 atom stereocenters. The largest absolute Gasteiger partial charge is 0.399 e. The fraction of sp³-hybridized carbons (Fsp3) is 0.222. The Balaban J connectivity index is 2.62. The first-order valence-electron chi connectivity index (χ1n) is 4.01. The third-order valence-electron chi connectivity index (χ3n) is 1.79. The molecule has 0 spiro atoms. The molecule has 0 aliphatic rings. The van der Waals surface area contributed by atoms with Crippen molar-refractivity contribution in [1.29, 1.82) is 0 Å². The Bertz CT molecular complexity index is 436. The second-order valence-electron chi connectivity index (χ2n) is 2.96. The van der Waals surface area contributed by atoms with Crippen molar-refractivity contribution in [2.75, 3.05) is 5.73 Å². The quantitative estimate of drug-likeness (QED) is 0.682. The zero-order valence-corrected chi connectivity index (χ0v) is 8.01. The van der Waals surface area contributed by atoms with Crippen LogP contribution in [0, 0.1) is 0 Å². The van der Waals surface area contributed by atoms with Gasteiger partial charge in [-0.3, -0.25) is 0 Å². The molecular formula is C9H10N2OS. The Morgan fingerprint density at radius 3 is 3.00 bits per heavy atom. The molecule has 0 aliphatic carbocycles. The number of hydrogen-bond acceptors (Lipinski definition) is 4. The number of nitrogens with zero attached hydrogens (tertiary/aromatic N) is 1. The van der Waals surface area contributed by atoms with Crippen molar-refractivity contribution in [1.82, 2.24) is 4.98 Å². The molecule has 3 nitrogen and oxygen atoms in total. The van der Waals surface area contributed by atoms with E-state index in [2.05, 4.69) is 4.98 Å². The van der Waals surface area contributed by atoms with E-state index in [4.69, 9.17) is 5.73 Å². The number of nitrogens with two attached hydrogens (primary N) is 1. The monoisotopic (exact) mass is 194 g/mol. The number of anilines is 1. The summed E-state index contributed by atoms with van der Waals surface area (Å²) < 4.78 is 1.02. The second-order valence-corrected chi connectivity index (χ2v) is 4.02. The third-order valence-corrected chi connectivity index (χ3v) is 2.97. The number of thiazole rings is 1. The van der Waals surface area contributed by atoms with Crippen molar-refractivity contribution in [3.63, 3.8) is 0 Å². The molecule has 0 saturated carbocycles. The van der Waals surface area contributed by atoms with Crippen LogP contribution in [0.2, 0.25) is 0 Å². The van der Waals surface area contributed by atoms with Gasteiger partial charge in [0.05, 0.1) is 10.2 Å². The molecule has 0 bridgehead atoms. The number of rotatable bonds is 1. The van der Waals surface area contributed by atoms with Crippen LogP contribution in [0.4, 0.5) is 5.69 Å². The van der Waals surface area contributed by atoms with Gasteiger partial charge in [-0.05, 0) is 25.1 Å². The van der Waals surface area contributed by atoms with Crippen LogP contribution >= 0.6 is 11.3 Å². The average molecular weight is 194 g/mol. The van der Waals surface area contributed by atoms with Gasteiger partial charge in [0.2, 0.25) is 0 Å². The lowest BCUT2D eigenvalue weighted by Gasteiger charge is -1.93. The number of aromatic nitrogens is 1. The number of nitrogen functional groups attached to an aromatic ring is 1. The molecule has 0 radical (unpaired) electrons. The Morgan fingerprint density at radius 1 is 1.54 bits per heavy atom. The van der Waals surface area contributed by atoms with Crippen molar-refractivity contribution in [3.8, 4) is 0 Å². The van der Waals surface area contributed by atoms with Crippen LogP contribution in [0.15, 0.2) is 18.2 Å². The maximum Gasteiger partial charge on any atom is 0.122 e. The molecular weight excluding hydrogens is 184 g/mol. The Morgan fingerprint density at radius 2 is 2.31 bits per heavy atom. The van der Waals surface area contributed by atoms with Gasteiger partial charge in [0.25, 0.3) is 0 Å². The minimum Gasteiger partial charge on any atom is -0.399 e. The molecule has 0 aliphatic heterocycles. The maximum atomic E-state index is 9.31. The standard InChI is InChI=1S/C9H10N2OS/c1-5(12)9-11-7-3-2-6(10)4-8(7)13-9/h2-5,12H,10H2,1H3. The smallest absolute Gasteiger partial charge is 0.122 e. The highest BCUT2D eigenvalue weighted by Crippen LogP contribution is 2.27. The summed E-state index contributed by atoms with van der Waals surface area (Å²) in [4.78, 5) is 4.27. The number of fused-ring (bicyclic) bond motifs is 1. The number of hydrogen-bond donors (Lipinski definition) is 2.